The summed E-state index contributed by atoms with van der Waals surface area (Å²) in [6, 6.07) is 0.454. The van der Waals surface area contributed by atoms with Crippen molar-refractivity contribution in [1.29, 1.82) is 0 Å². The third-order valence-corrected chi connectivity index (χ3v) is 4.17. The Bertz CT molecular complexity index is 258. The van der Waals surface area contributed by atoms with Crippen LogP contribution in [0, 0.1) is 0 Å². The van der Waals surface area contributed by atoms with Crippen molar-refractivity contribution in [3.8, 4) is 0 Å². The molecule has 0 aromatic heterocycles. The largest absolute Gasteiger partial charge is 0.349 e. The molecule has 1 aliphatic rings. The highest BCUT2D eigenvalue weighted by molar-refractivity contribution is 8.24. The van der Waals surface area contributed by atoms with E-state index in [2.05, 4.69) is 31.9 Å². The van der Waals surface area contributed by atoms with Crippen LogP contribution in [-0.2, 0) is 0 Å². The summed E-state index contributed by atoms with van der Waals surface area (Å²) in [5, 5.41) is 0. The number of rotatable bonds is 4. The molecule has 1 rings (SSSR count). The van der Waals surface area contributed by atoms with Gasteiger partial charge in [0.2, 0.25) is 0 Å². The first kappa shape index (κ1) is 11.8. The smallest absolute Gasteiger partial charge is 0.137 e. The Balaban J connectivity index is 2.85. The number of nitrogens with zero attached hydrogens (tertiary/aromatic N) is 1. The molecule has 78 valence electrons. The van der Waals surface area contributed by atoms with Crippen LogP contribution < -0.4 is 0 Å². The lowest BCUT2D eigenvalue weighted by Gasteiger charge is -2.30. The molecule has 0 saturated carbocycles. The second-order valence-electron chi connectivity index (χ2n) is 3.95. The fraction of sp³-hybridized carbons (Fsp3) is 0.545. The zero-order valence-electron chi connectivity index (χ0n) is 8.82. The van der Waals surface area contributed by atoms with E-state index in [0.717, 1.165) is 17.3 Å². The lowest BCUT2D eigenvalue weighted by Crippen LogP contribution is -2.40. The number of hydrogen-bond acceptors (Lipinski definition) is 2. The van der Waals surface area contributed by atoms with Crippen LogP contribution in [0.25, 0.3) is 0 Å². The van der Waals surface area contributed by atoms with Gasteiger partial charge in [0.1, 0.15) is 4.32 Å². The second kappa shape index (κ2) is 4.49. The van der Waals surface area contributed by atoms with Gasteiger partial charge in [-0.25, -0.2) is 0 Å². The third-order valence-electron chi connectivity index (χ3n) is 2.48. The van der Waals surface area contributed by atoms with E-state index in [1.807, 2.05) is 12.2 Å². The standard InChI is InChI=1S/C11H17NS2/c1-5-7-9-11(3,4)14-10(13)12(9)8-6-2/h5-6,9H,1-2,7-8H2,3-4H3. The van der Waals surface area contributed by atoms with E-state index in [1.54, 1.807) is 11.8 Å². The summed E-state index contributed by atoms with van der Waals surface area (Å²) in [5.74, 6) is 0. The van der Waals surface area contributed by atoms with Gasteiger partial charge in [0.25, 0.3) is 0 Å². The minimum atomic E-state index is 0.189. The first-order valence-corrected chi connectivity index (χ1v) is 5.97. The maximum Gasteiger partial charge on any atom is 0.137 e. The molecule has 0 spiro atoms. The summed E-state index contributed by atoms with van der Waals surface area (Å²) >= 11 is 7.13. The van der Waals surface area contributed by atoms with Crippen molar-refractivity contribution in [3.63, 3.8) is 0 Å². The Labute approximate surface area is 96.2 Å². The van der Waals surface area contributed by atoms with E-state index in [1.165, 1.54) is 0 Å². The van der Waals surface area contributed by atoms with Crippen molar-refractivity contribution in [2.24, 2.45) is 0 Å². The molecule has 0 bridgehead atoms. The molecule has 0 aromatic rings. The summed E-state index contributed by atoms with van der Waals surface area (Å²) < 4.78 is 1.18. The van der Waals surface area contributed by atoms with Crippen LogP contribution in [0.4, 0.5) is 0 Å². The Kier molecular flexibility index (Phi) is 3.78. The van der Waals surface area contributed by atoms with Crippen LogP contribution in [0.15, 0.2) is 25.3 Å². The van der Waals surface area contributed by atoms with Gasteiger partial charge in [-0.15, -0.1) is 13.2 Å². The van der Waals surface area contributed by atoms with E-state index in [4.69, 9.17) is 12.2 Å². The molecule has 14 heavy (non-hydrogen) atoms. The van der Waals surface area contributed by atoms with Crippen molar-refractivity contribution in [1.82, 2.24) is 4.90 Å². The highest BCUT2D eigenvalue weighted by Gasteiger charge is 2.42. The van der Waals surface area contributed by atoms with Gasteiger partial charge in [-0.05, 0) is 20.3 Å². The normalized spacial score (nSPS) is 25.1. The predicted molar refractivity (Wildman–Crippen MR) is 69.8 cm³/mol. The molecule has 0 radical (unpaired) electrons. The van der Waals surface area contributed by atoms with Gasteiger partial charge in [0.05, 0.1) is 0 Å². The minimum Gasteiger partial charge on any atom is -0.349 e. The SMILES string of the molecule is C=CCC1N(CC=C)C(=S)SC1(C)C. The first-order chi connectivity index (χ1) is 6.53. The minimum absolute atomic E-state index is 0.189. The van der Waals surface area contributed by atoms with E-state index in [-0.39, 0.29) is 4.75 Å². The van der Waals surface area contributed by atoms with E-state index in [0.29, 0.717) is 6.04 Å². The molecule has 1 fully saturated rings. The van der Waals surface area contributed by atoms with Gasteiger partial charge in [-0.3, -0.25) is 0 Å². The van der Waals surface area contributed by atoms with Crippen LogP contribution in [0.1, 0.15) is 20.3 Å². The van der Waals surface area contributed by atoms with Crippen LogP contribution >= 0.6 is 24.0 Å². The van der Waals surface area contributed by atoms with Gasteiger partial charge >= 0.3 is 0 Å². The first-order valence-electron chi connectivity index (χ1n) is 4.74. The van der Waals surface area contributed by atoms with Crippen molar-refractivity contribution in [3.05, 3.63) is 25.3 Å². The van der Waals surface area contributed by atoms with Crippen molar-refractivity contribution < 1.29 is 0 Å². The highest BCUT2D eigenvalue weighted by atomic mass is 32.2. The average molecular weight is 227 g/mol. The maximum absolute atomic E-state index is 5.35. The molecule has 1 nitrogen and oxygen atoms in total. The lowest BCUT2D eigenvalue weighted by molar-refractivity contribution is 0.313. The van der Waals surface area contributed by atoms with Crippen LogP contribution in [0.5, 0.6) is 0 Å². The van der Waals surface area contributed by atoms with Gasteiger partial charge in [0.15, 0.2) is 0 Å². The zero-order valence-corrected chi connectivity index (χ0v) is 10.5. The molecule has 1 unspecified atom stereocenters. The molecule has 0 aliphatic carbocycles. The second-order valence-corrected chi connectivity index (χ2v) is 6.24. The molecule has 1 atom stereocenters. The molecule has 0 amide bonds. The topological polar surface area (TPSA) is 3.24 Å². The van der Waals surface area contributed by atoms with Crippen LogP contribution in [0.2, 0.25) is 0 Å². The predicted octanol–water partition coefficient (Wildman–Crippen LogP) is 3.23. The Morgan fingerprint density at radius 1 is 1.50 bits per heavy atom. The molecular formula is C11H17NS2. The number of thioether (sulfide) groups is 1. The number of hydrogen-bond donors (Lipinski definition) is 0. The molecule has 3 heteroatoms. The third kappa shape index (κ3) is 2.20. The van der Waals surface area contributed by atoms with Crippen LogP contribution in [0.3, 0.4) is 0 Å². The monoisotopic (exact) mass is 227 g/mol. The summed E-state index contributed by atoms with van der Waals surface area (Å²) in [6.45, 7) is 12.9. The molecule has 1 aliphatic heterocycles. The zero-order chi connectivity index (χ0) is 10.8. The highest BCUT2D eigenvalue weighted by Crippen LogP contribution is 2.42. The Morgan fingerprint density at radius 3 is 2.64 bits per heavy atom. The molecule has 0 aromatic carbocycles. The molecular weight excluding hydrogens is 210 g/mol. The van der Waals surface area contributed by atoms with Crippen molar-refractivity contribution in [2.75, 3.05) is 6.54 Å². The summed E-state index contributed by atoms with van der Waals surface area (Å²) in [6.07, 6.45) is 4.86. The molecule has 1 heterocycles. The number of thiocarbonyl (C=S) groups is 1. The fourth-order valence-corrected chi connectivity index (χ4v) is 3.74. The van der Waals surface area contributed by atoms with Gasteiger partial charge < -0.3 is 4.90 Å². The molecule has 1 saturated heterocycles. The summed E-state index contributed by atoms with van der Waals surface area (Å²) in [5.41, 5.74) is 0. The van der Waals surface area contributed by atoms with Gasteiger partial charge in [-0.2, -0.15) is 0 Å². The van der Waals surface area contributed by atoms with E-state index >= 15 is 0 Å². The average Bonchev–Trinajstić information content (AvgIpc) is 2.28. The molecule has 0 N–H and O–H groups in total. The van der Waals surface area contributed by atoms with Gasteiger partial charge in [0, 0.05) is 17.3 Å². The van der Waals surface area contributed by atoms with E-state index < -0.39 is 0 Å². The van der Waals surface area contributed by atoms with Crippen molar-refractivity contribution in [2.45, 2.75) is 31.1 Å². The summed E-state index contributed by atoms with van der Waals surface area (Å²) in [7, 11) is 0. The van der Waals surface area contributed by atoms with Crippen LogP contribution in [-0.4, -0.2) is 26.6 Å². The quantitative estimate of drug-likeness (QED) is 0.536. The van der Waals surface area contributed by atoms with Crippen molar-refractivity contribution >= 4 is 28.3 Å². The van der Waals surface area contributed by atoms with Gasteiger partial charge in [-0.1, -0.05) is 36.1 Å². The van der Waals surface area contributed by atoms with E-state index in [9.17, 15) is 0 Å². The Morgan fingerprint density at radius 2 is 2.14 bits per heavy atom. The maximum atomic E-state index is 5.35. The lowest BCUT2D eigenvalue weighted by atomic mass is 9.99. The summed E-state index contributed by atoms with van der Waals surface area (Å²) in [4.78, 5) is 2.24. The fourth-order valence-electron chi connectivity index (χ4n) is 1.76. The Hall–Kier alpha value is -0.280.